The van der Waals surface area contributed by atoms with E-state index in [1.165, 1.54) is 96.3 Å². The van der Waals surface area contributed by atoms with E-state index in [1.54, 1.807) is 0 Å². The van der Waals surface area contributed by atoms with Crippen molar-refractivity contribution < 1.29 is 39.5 Å². The van der Waals surface area contributed by atoms with Crippen LogP contribution in [0.3, 0.4) is 0 Å². The molecule has 4 heteroatoms. The molecule has 28 heavy (non-hydrogen) atoms. The Labute approximate surface area is 198 Å². The Hall–Kier alpha value is 0.430. The Balaban J connectivity index is 0. The fourth-order valence-electron chi connectivity index (χ4n) is 3.66. The van der Waals surface area contributed by atoms with Crippen LogP contribution in [0.1, 0.15) is 136 Å². The summed E-state index contributed by atoms with van der Waals surface area (Å²) < 4.78 is 0. The number of hydrogen-bond acceptors (Lipinski definition) is 3. The molecule has 0 aromatic rings. The topological polar surface area (TPSA) is 52.2 Å². The third-order valence-electron chi connectivity index (χ3n) is 5.55. The first-order chi connectivity index (χ1) is 13.2. The Bertz CT molecular complexity index is 313. The van der Waals surface area contributed by atoms with Crippen LogP contribution < -0.4 is 40.0 Å². The van der Waals surface area contributed by atoms with E-state index >= 15 is 0 Å². The average Bonchev–Trinajstić information content (AvgIpc) is 2.66. The monoisotopic (exact) mass is 405 g/mol. The quantitative estimate of drug-likeness (QED) is 0.222. The van der Waals surface area contributed by atoms with Crippen LogP contribution in [0.25, 0.3) is 0 Å². The van der Waals surface area contributed by atoms with Crippen molar-refractivity contribution in [3.8, 4) is 0 Å². The van der Waals surface area contributed by atoms with Gasteiger partial charge in [0.2, 0.25) is 0 Å². The van der Waals surface area contributed by atoms with E-state index in [-0.39, 0.29) is 29.6 Å². The molecule has 0 amide bonds. The Kier molecular flexibility index (Phi) is 27.9. The molecule has 0 rings (SSSR count). The van der Waals surface area contributed by atoms with Gasteiger partial charge in [0.15, 0.2) is 0 Å². The fourth-order valence-corrected chi connectivity index (χ4v) is 3.66. The Morgan fingerprint density at radius 2 is 1.00 bits per heavy atom. The molecule has 1 unspecified atom stereocenters. The van der Waals surface area contributed by atoms with E-state index in [0.29, 0.717) is 6.42 Å². The van der Waals surface area contributed by atoms with Gasteiger partial charge >= 0.3 is 29.6 Å². The fraction of sp³-hybridized carbons (Fsp3) is 0.958. The first kappa shape index (κ1) is 30.6. The SMILES string of the molecule is CCCCCCCCCCCCCCCCCCNC(CCCC)C(=O)[O-].[Na+]. The van der Waals surface area contributed by atoms with Crippen molar-refractivity contribution in [2.75, 3.05) is 6.54 Å². The smallest absolute Gasteiger partial charge is 0.548 e. The third kappa shape index (κ3) is 22.7. The summed E-state index contributed by atoms with van der Waals surface area (Å²) in [5.41, 5.74) is 0. The van der Waals surface area contributed by atoms with Gasteiger partial charge in [0.1, 0.15) is 0 Å². The molecular weight excluding hydrogens is 357 g/mol. The van der Waals surface area contributed by atoms with Crippen molar-refractivity contribution in [1.82, 2.24) is 5.32 Å². The first-order valence-electron chi connectivity index (χ1n) is 12.2. The van der Waals surface area contributed by atoms with E-state index in [0.717, 1.165) is 25.8 Å². The number of rotatable bonds is 22. The van der Waals surface area contributed by atoms with E-state index in [9.17, 15) is 9.90 Å². The molecule has 0 radical (unpaired) electrons. The number of aliphatic carboxylic acids is 1. The minimum absolute atomic E-state index is 0. The summed E-state index contributed by atoms with van der Waals surface area (Å²) >= 11 is 0. The maximum absolute atomic E-state index is 11.0. The van der Waals surface area contributed by atoms with Crippen LogP contribution in [0.4, 0.5) is 0 Å². The van der Waals surface area contributed by atoms with Crippen LogP contribution in [0.5, 0.6) is 0 Å². The molecule has 0 bridgehead atoms. The molecular formula is C24H48NNaO2. The minimum atomic E-state index is -0.944. The third-order valence-corrected chi connectivity index (χ3v) is 5.55. The van der Waals surface area contributed by atoms with Crippen LogP contribution >= 0.6 is 0 Å². The summed E-state index contributed by atoms with van der Waals surface area (Å²) in [6.07, 6.45) is 24.5. The van der Waals surface area contributed by atoms with E-state index in [1.807, 2.05) is 0 Å². The number of carboxylic acids is 1. The molecule has 1 atom stereocenters. The van der Waals surface area contributed by atoms with Gasteiger partial charge in [-0.2, -0.15) is 0 Å². The van der Waals surface area contributed by atoms with Gasteiger partial charge in [-0.15, -0.1) is 0 Å². The molecule has 0 aliphatic rings. The zero-order valence-electron chi connectivity index (χ0n) is 19.5. The molecule has 0 saturated heterocycles. The largest absolute Gasteiger partial charge is 1.00 e. The Morgan fingerprint density at radius 1 is 0.643 bits per heavy atom. The van der Waals surface area contributed by atoms with Gasteiger partial charge in [0.25, 0.3) is 0 Å². The number of unbranched alkanes of at least 4 members (excludes halogenated alkanes) is 16. The van der Waals surface area contributed by atoms with Crippen LogP contribution in [0, 0.1) is 0 Å². The second-order valence-corrected chi connectivity index (χ2v) is 8.27. The molecule has 0 aromatic heterocycles. The summed E-state index contributed by atoms with van der Waals surface area (Å²) in [6.45, 7) is 5.17. The zero-order chi connectivity index (χ0) is 20.0. The second-order valence-electron chi connectivity index (χ2n) is 8.27. The van der Waals surface area contributed by atoms with Crippen molar-refractivity contribution >= 4 is 5.97 Å². The normalized spacial score (nSPS) is 11.9. The molecule has 0 fully saturated rings. The van der Waals surface area contributed by atoms with Crippen molar-refractivity contribution in [3.05, 3.63) is 0 Å². The van der Waals surface area contributed by atoms with E-state index in [4.69, 9.17) is 0 Å². The van der Waals surface area contributed by atoms with Gasteiger partial charge in [-0.3, -0.25) is 0 Å². The summed E-state index contributed by atoms with van der Waals surface area (Å²) in [4.78, 5) is 11.0. The van der Waals surface area contributed by atoms with Gasteiger partial charge < -0.3 is 15.2 Å². The number of carbonyl (C=O) groups excluding carboxylic acids is 1. The van der Waals surface area contributed by atoms with E-state index in [2.05, 4.69) is 19.2 Å². The molecule has 1 N–H and O–H groups in total. The van der Waals surface area contributed by atoms with Crippen molar-refractivity contribution in [1.29, 1.82) is 0 Å². The van der Waals surface area contributed by atoms with Crippen LogP contribution in [0.15, 0.2) is 0 Å². The number of carboxylic acid groups (broad SMARTS) is 1. The molecule has 0 heterocycles. The predicted octanol–water partition coefficient (Wildman–Crippen LogP) is 3.15. The van der Waals surface area contributed by atoms with Gasteiger partial charge in [-0.25, -0.2) is 0 Å². The summed E-state index contributed by atoms with van der Waals surface area (Å²) in [5.74, 6) is -0.944. The molecule has 0 aliphatic heterocycles. The van der Waals surface area contributed by atoms with Crippen LogP contribution in [0.2, 0.25) is 0 Å². The zero-order valence-corrected chi connectivity index (χ0v) is 21.5. The van der Waals surface area contributed by atoms with Gasteiger partial charge in [-0.1, -0.05) is 123 Å². The van der Waals surface area contributed by atoms with Gasteiger partial charge in [0, 0.05) is 6.04 Å². The maximum atomic E-state index is 11.0. The standard InChI is InChI=1S/C24H49NO2.Na/c1-3-5-7-8-9-10-11-12-13-14-15-16-17-18-19-20-22-25-23(24(26)27)21-6-4-2;/h23,25H,3-22H2,1-2H3,(H,26,27);/q;+1/p-1. The van der Waals surface area contributed by atoms with Crippen LogP contribution in [-0.4, -0.2) is 18.6 Å². The molecule has 162 valence electrons. The molecule has 0 aliphatic carbocycles. The molecule has 0 aromatic carbocycles. The molecule has 0 spiro atoms. The predicted molar refractivity (Wildman–Crippen MR) is 116 cm³/mol. The van der Waals surface area contributed by atoms with Crippen molar-refractivity contribution in [2.24, 2.45) is 0 Å². The number of hydrogen-bond donors (Lipinski definition) is 1. The number of carbonyl (C=O) groups is 1. The summed E-state index contributed by atoms with van der Waals surface area (Å²) in [6, 6.07) is -0.457. The summed E-state index contributed by atoms with van der Waals surface area (Å²) in [5, 5.41) is 14.2. The maximum Gasteiger partial charge on any atom is 1.00 e. The van der Waals surface area contributed by atoms with Gasteiger partial charge in [0.05, 0.1) is 5.97 Å². The Morgan fingerprint density at radius 3 is 1.36 bits per heavy atom. The van der Waals surface area contributed by atoms with Crippen LogP contribution in [-0.2, 0) is 4.79 Å². The summed E-state index contributed by atoms with van der Waals surface area (Å²) in [7, 11) is 0. The second kappa shape index (κ2) is 25.5. The van der Waals surface area contributed by atoms with Crippen molar-refractivity contribution in [2.45, 2.75) is 142 Å². The molecule has 0 saturated carbocycles. The number of nitrogens with one attached hydrogen (secondary N) is 1. The van der Waals surface area contributed by atoms with E-state index < -0.39 is 12.0 Å². The van der Waals surface area contributed by atoms with Crippen molar-refractivity contribution in [3.63, 3.8) is 0 Å². The first-order valence-corrected chi connectivity index (χ1v) is 12.2. The molecule has 3 nitrogen and oxygen atoms in total. The minimum Gasteiger partial charge on any atom is -0.548 e. The van der Waals surface area contributed by atoms with Gasteiger partial charge in [-0.05, 0) is 19.4 Å². The average molecular weight is 406 g/mol.